The number of sulfonamides is 1. The molecule has 1 saturated carbocycles. The molecule has 1 amide bonds. The molecule has 1 aromatic carbocycles. The fraction of sp³-hybridized carbons (Fsp3) is 0.562. The first-order valence-electron chi connectivity index (χ1n) is 8.10. The van der Waals surface area contributed by atoms with E-state index in [9.17, 15) is 13.2 Å². The molecular weight excluding hydrogens is 350 g/mol. The summed E-state index contributed by atoms with van der Waals surface area (Å²) in [5, 5.41) is 6.27. The third-order valence-electron chi connectivity index (χ3n) is 4.34. The summed E-state index contributed by atoms with van der Waals surface area (Å²) >= 11 is 0. The molecular formula is C16H24ClN3O3S. The van der Waals surface area contributed by atoms with Gasteiger partial charge in [0.1, 0.15) is 0 Å². The number of amides is 1. The zero-order valence-electron chi connectivity index (χ0n) is 13.7. The lowest BCUT2D eigenvalue weighted by Crippen LogP contribution is -2.42. The number of hydrogen-bond donors (Lipinski definition) is 3. The molecule has 1 aromatic rings. The van der Waals surface area contributed by atoms with Gasteiger partial charge in [-0.05, 0) is 63.4 Å². The van der Waals surface area contributed by atoms with Crippen LogP contribution in [0, 0.1) is 6.92 Å². The third kappa shape index (κ3) is 4.69. The van der Waals surface area contributed by atoms with Crippen LogP contribution in [0.4, 0.5) is 0 Å². The predicted molar refractivity (Wildman–Crippen MR) is 95.1 cm³/mol. The largest absolute Gasteiger partial charge is 0.349 e. The van der Waals surface area contributed by atoms with Gasteiger partial charge >= 0.3 is 0 Å². The Labute approximate surface area is 149 Å². The summed E-state index contributed by atoms with van der Waals surface area (Å²) in [6.45, 7) is 3.61. The molecule has 1 aliphatic carbocycles. The van der Waals surface area contributed by atoms with E-state index in [1.165, 1.54) is 6.07 Å². The van der Waals surface area contributed by atoms with E-state index in [4.69, 9.17) is 0 Å². The van der Waals surface area contributed by atoms with Crippen molar-refractivity contribution in [3.63, 3.8) is 0 Å². The van der Waals surface area contributed by atoms with Crippen LogP contribution in [-0.2, 0) is 10.0 Å². The third-order valence-corrected chi connectivity index (χ3v) is 5.86. The second kappa shape index (κ2) is 7.82. The molecule has 3 N–H and O–H groups in total. The summed E-state index contributed by atoms with van der Waals surface area (Å²) in [5.74, 6) is -0.196. The topological polar surface area (TPSA) is 87.3 Å². The molecule has 2 fully saturated rings. The molecule has 3 rings (SSSR count). The van der Waals surface area contributed by atoms with Crippen LogP contribution in [0.15, 0.2) is 23.1 Å². The molecule has 0 atom stereocenters. The van der Waals surface area contributed by atoms with Crippen LogP contribution in [0.2, 0.25) is 0 Å². The first-order chi connectivity index (χ1) is 11.0. The molecule has 0 aromatic heterocycles. The number of hydrogen-bond acceptors (Lipinski definition) is 4. The van der Waals surface area contributed by atoms with E-state index in [0.717, 1.165) is 44.3 Å². The number of rotatable bonds is 5. The van der Waals surface area contributed by atoms with E-state index in [1.54, 1.807) is 12.1 Å². The Morgan fingerprint density at radius 2 is 1.79 bits per heavy atom. The Morgan fingerprint density at radius 3 is 2.42 bits per heavy atom. The number of carbonyl (C=O) groups excluding carboxylic acids is 1. The summed E-state index contributed by atoms with van der Waals surface area (Å²) in [5.41, 5.74) is 1.21. The van der Waals surface area contributed by atoms with Crippen molar-refractivity contribution in [1.29, 1.82) is 0 Å². The van der Waals surface area contributed by atoms with E-state index < -0.39 is 10.0 Å². The van der Waals surface area contributed by atoms with Crippen LogP contribution in [0.25, 0.3) is 0 Å². The monoisotopic (exact) mass is 373 g/mol. The minimum atomic E-state index is -3.54. The lowest BCUT2D eigenvalue weighted by atomic mass is 10.0. The van der Waals surface area contributed by atoms with Crippen LogP contribution >= 0.6 is 12.4 Å². The maximum atomic E-state index is 12.5. The first-order valence-corrected chi connectivity index (χ1v) is 9.58. The van der Waals surface area contributed by atoms with E-state index >= 15 is 0 Å². The molecule has 0 spiro atoms. The number of piperidine rings is 1. The molecule has 0 bridgehead atoms. The molecule has 134 valence electrons. The number of nitrogens with one attached hydrogen (secondary N) is 3. The van der Waals surface area contributed by atoms with Crippen molar-refractivity contribution < 1.29 is 13.2 Å². The Hall–Kier alpha value is -1.15. The van der Waals surface area contributed by atoms with Gasteiger partial charge in [-0.1, -0.05) is 6.07 Å². The number of halogens is 1. The number of benzene rings is 1. The highest BCUT2D eigenvalue weighted by atomic mass is 35.5. The van der Waals surface area contributed by atoms with Crippen molar-refractivity contribution in [2.75, 3.05) is 13.1 Å². The van der Waals surface area contributed by atoms with Crippen molar-refractivity contribution in [2.45, 2.75) is 49.6 Å². The maximum absolute atomic E-state index is 12.5. The average Bonchev–Trinajstić information content (AvgIpc) is 3.31. The second-order valence-electron chi connectivity index (χ2n) is 6.37. The summed E-state index contributed by atoms with van der Waals surface area (Å²) in [6, 6.07) is 4.93. The van der Waals surface area contributed by atoms with Gasteiger partial charge in [0.05, 0.1) is 4.90 Å². The molecule has 2 aliphatic rings. The van der Waals surface area contributed by atoms with Gasteiger partial charge in [-0.3, -0.25) is 4.79 Å². The average molecular weight is 374 g/mol. The predicted octanol–water partition coefficient (Wildman–Crippen LogP) is 1.34. The second-order valence-corrected chi connectivity index (χ2v) is 8.08. The zero-order valence-corrected chi connectivity index (χ0v) is 15.3. The summed E-state index contributed by atoms with van der Waals surface area (Å²) in [7, 11) is -3.54. The Bertz CT molecular complexity index is 699. The zero-order chi connectivity index (χ0) is 16.4. The fourth-order valence-electron chi connectivity index (χ4n) is 2.73. The van der Waals surface area contributed by atoms with Gasteiger partial charge in [0.2, 0.25) is 10.0 Å². The molecule has 24 heavy (non-hydrogen) atoms. The minimum absolute atomic E-state index is 0. The SMILES string of the molecule is Cc1ccc(S(=O)(=O)NC2CC2)cc1C(=O)NC1CCNCC1.Cl. The highest BCUT2D eigenvalue weighted by Crippen LogP contribution is 2.23. The first kappa shape index (κ1) is 19.2. The molecule has 0 unspecified atom stereocenters. The molecule has 6 nitrogen and oxygen atoms in total. The van der Waals surface area contributed by atoms with Gasteiger partial charge in [-0.2, -0.15) is 0 Å². The van der Waals surface area contributed by atoms with Crippen LogP contribution in [0.5, 0.6) is 0 Å². The lowest BCUT2D eigenvalue weighted by Gasteiger charge is -2.24. The van der Waals surface area contributed by atoms with Crippen molar-refractivity contribution >= 4 is 28.3 Å². The minimum Gasteiger partial charge on any atom is -0.349 e. The van der Waals surface area contributed by atoms with Gasteiger partial charge in [0, 0.05) is 17.6 Å². The normalized spacial score (nSPS) is 18.7. The molecule has 0 radical (unpaired) electrons. The smallest absolute Gasteiger partial charge is 0.251 e. The molecule has 8 heteroatoms. The van der Waals surface area contributed by atoms with Gasteiger partial charge in [-0.25, -0.2) is 13.1 Å². The van der Waals surface area contributed by atoms with Gasteiger partial charge in [-0.15, -0.1) is 12.4 Å². The van der Waals surface area contributed by atoms with E-state index in [0.29, 0.717) is 5.56 Å². The van der Waals surface area contributed by atoms with Crippen molar-refractivity contribution in [3.05, 3.63) is 29.3 Å². The molecule has 1 aliphatic heterocycles. The Kier molecular flexibility index (Phi) is 6.25. The Morgan fingerprint density at radius 1 is 1.12 bits per heavy atom. The standard InChI is InChI=1S/C16H23N3O3S.ClH/c1-11-2-5-14(23(21,22)19-13-3-4-13)10-15(11)16(20)18-12-6-8-17-9-7-12;/h2,5,10,12-13,17,19H,3-4,6-9H2,1H3,(H,18,20);1H. The number of carbonyl (C=O) groups is 1. The van der Waals surface area contributed by atoms with E-state index in [-0.39, 0.29) is 35.3 Å². The fourth-order valence-corrected chi connectivity index (χ4v) is 4.06. The number of aryl methyl sites for hydroxylation is 1. The van der Waals surface area contributed by atoms with E-state index in [2.05, 4.69) is 15.4 Å². The van der Waals surface area contributed by atoms with Crippen molar-refractivity contribution in [2.24, 2.45) is 0 Å². The van der Waals surface area contributed by atoms with Crippen molar-refractivity contribution in [3.8, 4) is 0 Å². The Balaban J connectivity index is 0.00000208. The van der Waals surface area contributed by atoms with E-state index in [1.807, 2.05) is 6.92 Å². The van der Waals surface area contributed by atoms with Gasteiger partial charge in [0.15, 0.2) is 0 Å². The molecule has 1 heterocycles. The van der Waals surface area contributed by atoms with Crippen LogP contribution in [-0.4, -0.2) is 39.5 Å². The summed E-state index contributed by atoms with van der Waals surface area (Å²) in [4.78, 5) is 12.7. The van der Waals surface area contributed by atoms with Gasteiger partial charge < -0.3 is 10.6 Å². The maximum Gasteiger partial charge on any atom is 0.251 e. The quantitative estimate of drug-likeness (QED) is 0.726. The van der Waals surface area contributed by atoms with Gasteiger partial charge in [0.25, 0.3) is 5.91 Å². The highest BCUT2D eigenvalue weighted by molar-refractivity contribution is 7.89. The summed E-state index contributed by atoms with van der Waals surface area (Å²) < 4.78 is 27.3. The van der Waals surface area contributed by atoms with Crippen LogP contribution < -0.4 is 15.4 Å². The lowest BCUT2D eigenvalue weighted by molar-refractivity contribution is 0.0928. The van der Waals surface area contributed by atoms with Crippen LogP contribution in [0.3, 0.4) is 0 Å². The van der Waals surface area contributed by atoms with Crippen molar-refractivity contribution in [1.82, 2.24) is 15.4 Å². The van der Waals surface area contributed by atoms with Crippen LogP contribution in [0.1, 0.15) is 41.6 Å². The molecule has 1 saturated heterocycles. The summed E-state index contributed by atoms with van der Waals surface area (Å²) in [6.07, 6.45) is 3.56. The highest BCUT2D eigenvalue weighted by Gasteiger charge is 2.28.